The van der Waals surface area contributed by atoms with E-state index >= 15 is 0 Å². The number of rotatable bonds is 48. The zero-order valence-electron chi connectivity index (χ0n) is 39.8. The Kier molecular flexibility index (Phi) is 47.3. The summed E-state index contributed by atoms with van der Waals surface area (Å²) in [5.74, 6) is -0.858. The van der Waals surface area contributed by atoms with Crippen molar-refractivity contribution in [2.24, 2.45) is 0 Å². The van der Waals surface area contributed by atoms with Crippen LogP contribution in [0.15, 0.2) is 12.2 Å². The fraction of sp³-hybridized carbons (Fsp3) is 0.906. The summed E-state index contributed by atoms with van der Waals surface area (Å²) in [5, 5.41) is 0. The topological polar surface area (TPSA) is 78.9 Å². The van der Waals surface area contributed by atoms with E-state index in [1.165, 1.54) is 186 Å². The smallest absolute Gasteiger partial charge is 0.306 e. The molecule has 0 unspecified atom stereocenters. The van der Waals surface area contributed by atoms with Crippen molar-refractivity contribution in [3.63, 3.8) is 0 Å². The summed E-state index contributed by atoms with van der Waals surface area (Å²) in [4.78, 5) is 37.9. The standard InChI is InChI=1S/C53H100O6/c1-4-7-10-13-16-19-22-25-28-31-34-37-40-43-46-52(55)58-49-50(48-57-51(54)45-42-39-36-33-30-27-24-21-18-15-12-9-6-3)59-53(56)47-44-41-38-35-32-29-26-23-20-17-14-11-8-5-2/h21,24,50H,4-20,22-23,25-49H2,1-3H3/b24-21+/t50-/m1/s1. The van der Waals surface area contributed by atoms with Crippen molar-refractivity contribution in [1.82, 2.24) is 0 Å². The summed E-state index contributed by atoms with van der Waals surface area (Å²) < 4.78 is 16.8. The lowest BCUT2D eigenvalue weighted by Gasteiger charge is -2.18. The van der Waals surface area contributed by atoms with E-state index in [-0.39, 0.29) is 31.1 Å². The van der Waals surface area contributed by atoms with Crippen LogP contribution in [0.4, 0.5) is 0 Å². The van der Waals surface area contributed by atoms with Gasteiger partial charge >= 0.3 is 17.9 Å². The summed E-state index contributed by atoms with van der Waals surface area (Å²) in [6, 6.07) is 0. The van der Waals surface area contributed by atoms with Gasteiger partial charge in [0.2, 0.25) is 0 Å². The van der Waals surface area contributed by atoms with E-state index in [0.717, 1.165) is 64.2 Å². The number of hydrogen-bond donors (Lipinski definition) is 0. The monoisotopic (exact) mass is 833 g/mol. The molecule has 0 rings (SSSR count). The van der Waals surface area contributed by atoms with Gasteiger partial charge in [0.1, 0.15) is 13.2 Å². The fourth-order valence-corrected chi connectivity index (χ4v) is 7.79. The highest BCUT2D eigenvalue weighted by Crippen LogP contribution is 2.16. The highest BCUT2D eigenvalue weighted by molar-refractivity contribution is 5.71. The van der Waals surface area contributed by atoms with Crippen LogP contribution in [0, 0.1) is 0 Å². The molecule has 59 heavy (non-hydrogen) atoms. The van der Waals surface area contributed by atoms with Gasteiger partial charge in [0.15, 0.2) is 6.10 Å². The number of allylic oxidation sites excluding steroid dienone is 2. The van der Waals surface area contributed by atoms with Gasteiger partial charge in [0.25, 0.3) is 0 Å². The molecule has 0 aliphatic rings. The molecule has 0 bridgehead atoms. The second-order valence-corrected chi connectivity index (χ2v) is 17.8. The van der Waals surface area contributed by atoms with Crippen molar-refractivity contribution < 1.29 is 28.6 Å². The largest absolute Gasteiger partial charge is 0.462 e. The minimum absolute atomic E-state index is 0.0671. The van der Waals surface area contributed by atoms with Gasteiger partial charge in [0, 0.05) is 19.3 Å². The van der Waals surface area contributed by atoms with E-state index in [2.05, 4.69) is 32.9 Å². The van der Waals surface area contributed by atoms with Crippen molar-refractivity contribution >= 4 is 17.9 Å². The third kappa shape index (κ3) is 47.1. The van der Waals surface area contributed by atoms with E-state index in [1.54, 1.807) is 0 Å². The van der Waals surface area contributed by atoms with Gasteiger partial charge in [-0.15, -0.1) is 0 Å². The molecule has 6 heteroatoms. The molecule has 0 fully saturated rings. The van der Waals surface area contributed by atoms with Crippen molar-refractivity contribution in [3.8, 4) is 0 Å². The van der Waals surface area contributed by atoms with Crippen LogP contribution in [-0.4, -0.2) is 37.2 Å². The maximum atomic E-state index is 12.8. The van der Waals surface area contributed by atoms with E-state index in [1.807, 2.05) is 0 Å². The molecule has 0 saturated carbocycles. The number of ether oxygens (including phenoxy) is 3. The molecule has 0 spiro atoms. The predicted octanol–water partition coefficient (Wildman–Crippen LogP) is 17.0. The van der Waals surface area contributed by atoms with E-state index < -0.39 is 6.10 Å². The van der Waals surface area contributed by atoms with Crippen LogP contribution in [0.2, 0.25) is 0 Å². The molecule has 0 aliphatic carbocycles. The van der Waals surface area contributed by atoms with Crippen LogP contribution in [0.1, 0.15) is 290 Å². The molecule has 0 radical (unpaired) electrons. The molecule has 0 amide bonds. The van der Waals surface area contributed by atoms with Crippen LogP contribution in [0.5, 0.6) is 0 Å². The first kappa shape index (κ1) is 57.1. The maximum Gasteiger partial charge on any atom is 0.306 e. The molecule has 1 atom stereocenters. The first-order valence-corrected chi connectivity index (χ1v) is 26.2. The number of carbonyl (C=O) groups excluding carboxylic acids is 3. The molecule has 6 nitrogen and oxygen atoms in total. The van der Waals surface area contributed by atoms with Crippen molar-refractivity contribution in [2.75, 3.05) is 13.2 Å². The SMILES string of the molecule is CCCCCC/C=C/CCCCCCCC(=O)OC[C@H](COC(=O)CCCCCCCCCCCCCCCC)OC(=O)CCCCCCCCCCCCCCCC. The molecule has 0 aromatic carbocycles. The summed E-state index contributed by atoms with van der Waals surface area (Å²) in [6.07, 6.45) is 53.3. The van der Waals surface area contributed by atoms with Gasteiger partial charge in [-0.25, -0.2) is 0 Å². The Hall–Kier alpha value is -1.85. The molecule has 348 valence electrons. The lowest BCUT2D eigenvalue weighted by atomic mass is 10.0. The van der Waals surface area contributed by atoms with Gasteiger partial charge in [-0.2, -0.15) is 0 Å². The third-order valence-corrected chi connectivity index (χ3v) is 11.8. The van der Waals surface area contributed by atoms with E-state index in [0.29, 0.717) is 19.3 Å². The Labute approximate surface area is 367 Å². The molecule has 0 aliphatic heterocycles. The molecule has 0 saturated heterocycles. The Bertz CT molecular complexity index is 916. The number of esters is 3. The highest BCUT2D eigenvalue weighted by Gasteiger charge is 2.19. The third-order valence-electron chi connectivity index (χ3n) is 11.8. The first-order valence-electron chi connectivity index (χ1n) is 26.2. The Balaban J connectivity index is 4.33. The van der Waals surface area contributed by atoms with Crippen LogP contribution in [-0.2, 0) is 28.6 Å². The number of hydrogen-bond acceptors (Lipinski definition) is 6. The lowest BCUT2D eigenvalue weighted by Crippen LogP contribution is -2.30. The molecule has 0 aromatic heterocycles. The Morgan fingerprint density at radius 2 is 0.559 bits per heavy atom. The Morgan fingerprint density at radius 1 is 0.322 bits per heavy atom. The van der Waals surface area contributed by atoms with Gasteiger partial charge in [0.05, 0.1) is 0 Å². The van der Waals surface area contributed by atoms with Gasteiger partial charge in [-0.1, -0.05) is 238 Å². The number of carbonyl (C=O) groups is 3. The van der Waals surface area contributed by atoms with Gasteiger partial charge < -0.3 is 14.2 Å². The summed E-state index contributed by atoms with van der Waals surface area (Å²) in [5.41, 5.74) is 0. The quantitative estimate of drug-likeness (QED) is 0.0263. The molecule has 0 N–H and O–H groups in total. The summed E-state index contributed by atoms with van der Waals surface area (Å²) in [7, 11) is 0. The normalized spacial score (nSPS) is 12.0. The second kappa shape index (κ2) is 48.8. The van der Waals surface area contributed by atoms with Crippen LogP contribution >= 0.6 is 0 Å². The zero-order chi connectivity index (χ0) is 43.0. The molecular formula is C53H100O6. The predicted molar refractivity (Wildman–Crippen MR) is 252 cm³/mol. The summed E-state index contributed by atoms with van der Waals surface area (Å²) in [6.45, 7) is 6.65. The second-order valence-electron chi connectivity index (χ2n) is 17.8. The highest BCUT2D eigenvalue weighted by atomic mass is 16.6. The Morgan fingerprint density at radius 3 is 0.864 bits per heavy atom. The lowest BCUT2D eigenvalue weighted by molar-refractivity contribution is -0.167. The van der Waals surface area contributed by atoms with Gasteiger partial charge in [-0.05, 0) is 44.9 Å². The van der Waals surface area contributed by atoms with Crippen molar-refractivity contribution in [2.45, 2.75) is 297 Å². The van der Waals surface area contributed by atoms with Crippen LogP contribution in [0.25, 0.3) is 0 Å². The summed E-state index contributed by atoms with van der Waals surface area (Å²) >= 11 is 0. The van der Waals surface area contributed by atoms with Crippen LogP contribution in [0.3, 0.4) is 0 Å². The zero-order valence-corrected chi connectivity index (χ0v) is 39.8. The van der Waals surface area contributed by atoms with E-state index in [9.17, 15) is 14.4 Å². The molecule has 0 heterocycles. The average molecular weight is 833 g/mol. The first-order chi connectivity index (χ1) is 29.0. The van der Waals surface area contributed by atoms with E-state index in [4.69, 9.17) is 14.2 Å². The molecule has 0 aromatic rings. The number of unbranched alkanes of at least 4 members (excludes halogenated alkanes) is 35. The van der Waals surface area contributed by atoms with Crippen molar-refractivity contribution in [1.29, 1.82) is 0 Å². The van der Waals surface area contributed by atoms with Gasteiger partial charge in [-0.3, -0.25) is 14.4 Å². The van der Waals surface area contributed by atoms with Crippen LogP contribution < -0.4 is 0 Å². The maximum absolute atomic E-state index is 12.8. The minimum atomic E-state index is -0.766. The minimum Gasteiger partial charge on any atom is -0.462 e. The van der Waals surface area contributed by atoms with Crippen molar-refractivity contribution in [3.05, 3.63) is 12.2 Å². The fourth-order valence-electron chi connectivity index (χ4n) is 7.79. The molecular weight excluding hydrogens is 733 g/mol. The average Bonchev–Trinajstić information content (AvgIpc) is 3.23.